The van der Waals surface area contributed by atoms with Crippen LogP contribution in [0.1, 0.15) is 12.5 Å². The van der Waals surface area contributed by atoms with Gasteiger partial charge >= 0.3 is 0 Å². The highest BCUT2D eigenvalue weighted by Crippen LogP contribution is 2.31. The number of rotatable bonds is 3. The van der Waals surface area contributed by atoms with Gasteiger partial charge < -0.3 is 5.32 Å². The Hall–Kier alpha value is -1.46. The first-order chi connectivity index (χ1) is 9.02. The quantitative estimate of drug-likeness (QED) is 0.856. The van der Waals surface area contributed by atoms with Crippen molar-refractivity contribution in [3.63, 3.8) is 0 Å². The highest BCUT2D eigenvalue weighted by Gasteiger charge is 2.14. The molecule has 0 aliphatic heterocycles. The molecule has 0 saturated heterocycles. The maximum atomic E-state index is 13.7. The van der Waals surface area contributed by atoms with Crippen molar-refractivity contribution in [2.24, 2.45) is 0 Å². The minimum atomic E-state index is -0.804. The zero-order valence-corrected chi connectivity index (χ0v) is 11.4. The molecule has 1 N–H and O–H groups in total. The summed E-state index contributed by atoms with van der Waals surface area (Å²) in [6, 6.07) is 1.75. The average molecular weight is 304 g/mol. The van der Waals surface area contributed by atoms with Gasteiger partial charge in [0.2, 0.25) is 0 Å². The first-order valence-electron chi connectivity index (χ1n) is 5.43. The van der Waals surface area contributed by atoms with Crippen LogP contribution in [-0.2, 0) is 6.42 Å². The van der Waals surface area contributed by atoms with Crippen LogP contribution in [0.5, 0.6) is 0 Å². The van der Waals surface area contributed by atoms with Crippen LogP contribution in [0.3, 0.4) is 0 Å². The first-order valence-corrected chi connectivity index (χ1v) is 6.19. The molecule has 0 saturated carbocycles. The molecule has 7 heteroatoms. The lowest BCUT2D eigenvalue weighted by molar-refractivity contribution is 0.586. The van der Waals surface area contributed by atoms with Gasteiger partial charge in [-0.25, -0.2) is 18.7 Å². The molecule has 1 heterocycles. The number of aromatic nitrogens is 2. The fraction of sp³-hybridized carbons (Fsp3) is 0.167. The van der Waals surface area contributed by atoms with Crippen LogP contribution >= 0.6 is 23.2 Å². The number of benzene rings is 1. The molecule has 3 nitrogen and oxygen atoms in total. The molecule has 100 valence electrons. The van der Waals surface area contributed by atoms with Gasteiger partial charge in [-0.05, 0) is 12.5 Å². The number of nitrogens with one attached hydrogen (secondary N) is 1. The normalized spacial score (nSPS) is 10.6. The monoisotopic (exact) mass is 303 g/mol. The zero-order chi connectivity index (χ0) is 14.0. The summed E-state index contributed by atoms with van der Waals surface area (Å²) in [5.74, 6) is -1.21. The second kappa shape index (κ2) is 5.67. The molecule has 19 heavy (non-hydrogen) atoms. The van der Waals surface area contributed by atoms with E-state index in [0.717, 1.165) is 12.1 Å². The Balaban J connectivity index is 2.45. The Kier molecular flexibility index (Phi) is 4.17. The van der Waals surface area contributed by atoms with E-state index in [1.807, 2.05) is 6.92 Å². The van der Waals surface area contributed by atoms with E-state index < -0.39 is 11.6 Å². The van der Waals surface area contributed by atoms with Gasteiger partial charge in [0.05, 0.1) is 10.7 Å². The lowest BCUT2D eigenvalue weighted by Gasteiger charge is -2.12. The van der Waals surface area contributed by atoms with E-state index in [2.05, 4.69) is 15.3 Å². The lowest BCUT2D eigenvalue weighted by atomic mass is 10.2. The molecule has 0 bridgehead atoms. The summed E-state index contributed by atoms with van der Waals surface area (Å²) in [5.41, 5.74) is 0.580. The van der Waals surface area contributed by atoms with Crippen molar-refractivity contribution in [3.05, 3.63) is 45.8 Å². The molecule has 0 aliphatic rings. The highest BCUT2D eigenvalue weighted by molar-refractivity contribution is 6.33. The first kappa shape index (κ1) is 14.0. The molecule has 2 aromatic rings. The predicted molar refractivity (Wildman–Crippen MR) is 71.1 cm³/mol. The second-order valence-electron chi connectivity index (χ2n) is 3.71. The van der Waals surface area contributed by atoms with Crippen LogP contribution in [0.15, 0.2) is 18.5 Å². The van der Waals surface area contributed by atoms with Gasteiger partial charge in [-0.1, -0.05) is 30.1 Å². The smallest absolute Gasteiger partial charge is 0.151 e. The van der Waals surface area contributed by atoms with Crippen molar-refractivity contribution >= 4 is 34.7 Å². The maximum Gasteiger partial charge on any atom is 0.151 e. The van der Waals surface area contributed by atoms with E-state index >= 15 is 0 Å². The third-order valence-electron chi connectivity index (χ3n) is 2.50. The number of hydrogen-bond donors (Lipinski definition) is 1. The molecule has 0 amide bonds. The van der Waals surface area contributed by atoms with Crippen LogP contribution in [0.25, 0.3) is 0 Å². The molecule has 0 atom stereocenters. The molecule has 1 aromatic heterocycles. The van der Waals surface area contributed by atoms with Gasteiger partial charge in [-0.2, -0.15) is 0 Å². The number of nitrogens with zero attached hydrogens (tertiary/aromatic N) is 2. The molecule has 0 spiro atoms. The Labute approximate surface area is 118 Å². The number of hydrogen-bond acceptors (Lipinski definition) is 3. The summed E-state index contributed by atoms with van der Waals surface area (Å²) < 4.78 is 26.6. The number of halogens is 4. The van der Waals surface area contributed by atoms with E-state index in [4.69, 9.17) is 23.2 Å². The SMILES string of the molecule is CCc1c(Cl)ncnc1Nc1c(F)cc(F)cc1Cl. The third kappa shape index (κ3) is 2.93. The van der Waals surface area contributed by atoms with Crippen molar-refractivity contribution in [1.82, 2.24) is 9.97 Å². The van der Waals surface area contributed by atoms with Crippen molar-refractivity contribution in [3.8, 4) is 0 Å². The second-order valence-corrected chi connectivity index (χ2v) is 4.48. The maximum absolute atomic E-state index is 13.7. The summed E-state index contributed by atoms with van der Waals surface area (Å²) in [7, 11) is 0. The van der Waals surface area contributed by atoms with Crippen molar-refractivity contribution < 1.29 is 8.78 Å². The molecule has 0 fully saturated rings. The molecule has 1 aromatic carbocycles. The predicted octanol–water partition coefficient (Wildman–Crippen LogP) is 4.37. The Morgan fingerprint density at radius 2 is 1.95 bits per heavy atom. The minimum absolute atomic E-state index is 0.0486. The summed E-state index contributed by atoms with van der Waals surface area (Å²) in [6.45, 7) is 1.86. The Bertz CT molecular complexity index is 597. The van der Waals surface area contributed by atoms with Crippen molar-refractivity contribution in [2.75, 3.05) is 5.32 Å². The van der Waals surface area contributed by atoms with Crippen LogP contribution in [0.4, 0.5) is 20.3 Å². The molecule has 0 aliphatic carbocycles. The van der Waals surface area contributed by atoms with Crippen LogP contribution in [0.2, 0.25) is 10.2 Å². The van der Waals surface area contributed by atoms with E-state index in [1.165, 1.54) is 6.33 Å². The van der Waals surface area contributed by atoms with E-state index in [0.29, 0.717) is 17.8 Å². The van der Waals surface area contributed by atoms with E-state index in [9.17, 15) is 8.78 Å². The zero-order valence-electron chi connectivity index (χ0n) is 9.85. The van der Waals surface area contributed by atoms with Crippen molar-refractivity contribution in [1.29, 1.82) is 0 Å². The average Bonchev–Trinajstić information content (AvgIpc) is 2.34. The van der Waals surface area contributed by atoms with Gasteiger partial charge in [-0.3, -0.25) is 0 Å². The number of anilines is 2. The van der Waals surface area contributed by atoms with Crippen LogP contribution in [-0.4, -0.2) is 9.97 Å². The van der Waals surface area contributed by atoms with E-state index in [-0.39, 0.29) is 15.9 Å². The summed E-state index contributed by atoms with van der Waals surface area (Å²) in [5, 5.41) is 2.92. The van der Waals surface area contributed by atoms with E-state index in [1.54, 1.807) is 0 Å². The highest BCUT2D eigenvalue weighted by atomic mass is 35.5. The van der Waals surface area contributed by atoms with Gasteiger partial charge in [0.15, 0.2) is 5.82 Å². The topological polar surface area (TPSA) is 37.8 Å². The van der Waals surface area contributed by atoms with Crippen LogP contribution < -0.4 is 5.32 Å². The summed E-state index contributed by atoms with van der Waals surface area (Å²) in [4.78, 5) is 7.82. The van der Waals surface area contributed by atoms with Crippen molar-refractivity contribution in [2.45, 2.75) is 13.3 Å². The van der Waals surface area contributed by atoms with Crippen LogP contribution in [0, 0.1) is 11.6 Å². The fourth-order valence-corrected chi connectivity index (χ4v) is 2.10. The third-order valence-corrected chi connectivity index (χ3v) is 3.12. The minimum Gasteiger partial charge on any atom is -0.336 e. The largest absolute Gasteiger partial charge is 0.336 e. The molecule has 0 unspecified atom stereocenters. The van der Waals surface area contributed by atoms with Gasteiger partial charge in [0, 0.05) is 11.6 Å². The molecular formula is C12H9Cl2F2N3. The fourth-order valence-electron chi connectivity index (χ4n) is 1.59. The standard InChI is InChI=1S/C12H9Cl2F2N3/c1-2-7-11(14)17-5-18-12(7)19-10-8(13)3-6(15)4-9(10)16/h3-5H,2H2,1H3,(H,17,18,19). The van der Waals surface area contributed by atoms with Gasteiger partial charge in [0.25, 0.3) is 0 Å². The molecular weight excluding hydrogens is 295 g/mol. The molecule has 0 radical (unpaired) electrons. The Morgan fingerprint density at radius 3 is 2.58 bits per heavy atom. The van der Waals surface area contributed by atoms with Gasteiger partial charge in [-0.15, -0.1) is 0 Å². The van der Waals surface area contributed by atoms with Gasteiger partial charge in [0.1, 0.15) is 23.1 Å². The summed E-state index contributed by atoms with van der Waals surface area (Å²) in [6.07, 6.45) is 1.81. The molecule has 2 rings (SSSR count). The Morgan fingerprint density at radius 1 is 1.21 bits per heavy atom. The lowest BCUT2D eigenvalue weighted by Crippen LogP contribution is -2.03. The summed E-state index contributed by atoms with van der Waals surface area (Å²) >= 11 is 11.7.